The van der Waals surface area contributed by atoms with E-state index in [-0.39, 0.29) is 17.1 Å². The number of nitrogens with zero attached hydrogens (tertiary/aromatic N) is 2. The fourth-order valence-electron chi connectivity index (χ4n) is 4.56. The summed E-state index contributed by atoms with van der Waals surface area (Å²) >= 11 is 12.4. The molecule has 11 heteroatoms. The molecular formula is C35H37Cl2N3O5S. The lowest BCUT2D eigenvalue weighted by molar-refractivity contribution is -0.140. The van der Waals surface area contributed by atoms with Crippen LogP contribution in [-0.2, 0) is 26.2 Å². The number of sulfonamides is 1. The van der Waals surface area contributed by atoms with Gasteiger partial charge < -0.3 is 15.0 Å². The normalized spacial score (nSPS) is 12.2. The summed E-state index contributed by atoms with van der Waals surface area (Å²) in [5.41, 5.74) is 1.19. The van der Waals surface area contributed by atoms with Crippen LogP contribution in [0.1, 0.15) is 38.8 Å². The van der Waals surface area contributed by atoms with E-state index in [0.29, 0.717) is 27.1 Å². The second-order valence-electron chi connectivity index (χ2n) is 11.9. The van der Waals surface area contributed by atoms with Gasteiger partial charge in [0, 0.05) is 12.1 Å². The molecule has 0 radical (unpaired) electrons. The number of halogens is 2. The number of amides is 2. The van der Waals surface area contributed by atoms with Gasteiger partial charge in [0.25, 0.3) is 10.0 Å². The highest BCUT2D eigenvalue weighted by atomic mass is 35.5. The van der Waals surface area contributed by atoms with Gasteiger partial charge in [-0.05, 0) is 101 Å². The third kappa shape index (κ3) is 9.02. The highest BCUT2D eigenvalue weighted by Crippen LogP contribution is 2.29. The zero-order valence-corrected chi connectivity index (χ0v) is 28.7. The highest BCUT2D eigenvalue weighted by Gasteiger charge is 2.33. The standard InChI is InChI=1S/C35H37Cl2N3O5S/c1-24-11-18-30(19-12-24)46(43,44)40(27-14-16-29(17-15-27)45-28-9-7-6-8-10-28)23-33(41)39(25(2)34(42)38-35(3,4)5)22-26-13-20-31(36)32(37)21-26/h6-21,25H,22-23H2,1-5H3,(H,38,42). The Kier molecular flexibility index (Phi) is 11.0. The van der Waals surface area contributed by atoms with Crippen molar-refractivity contribution in [1.82, 2.24) is 10.2 Å². The van der Waals surface area contributed by atoms with Gasteiger partial charge in [-0.1, -0.05) is 65.2 Å². The third-order valence-corrected chi connectivity index (χ3v) is 9.52. The number of aryl methyl sites for hydroxylation is 1. The molecule has 0 aliphatic carbocycles. The van der Waals surface area contributed by atoms with Gasteiger partial charge in [-0.3, -0.25) is 13.9 Å². The van der Waals surface area contributed by atoms with Crippen LogP contribution in [0.2, 0.25) is 10.0 Å². The Morgan fingerprint density at radius 2 is 1.46 bits per heavy atom. The topological polar surface area (TPSA) is 96.0 Å². The maximum atomic E-state index is 14.2. The predicted octanol–water partition coefficient (Wildman–Crippen LogP) is 7.62. The molecule has 2 amide bonds. The lowest BCUT2D eigenvalue weighted by Crippen LogP contribution is -2.54. The zero-order chi connectivity index (χ0) is 33.6. The van der Waals surface area contributed by atoms with E-state index in [9.17, 15) is 18.0 Å². The molecule has 0 aliphatic rings. The van der Waals surface area contributed by atoms with E-state index in [1.807, 2.05) is 45.9 Å². The number of hydrogen-bond donors (Lipinski definition) is 1. The van der Waals surface area contributed by atoms with E-state index in [4.69, 9.17) is 27.9 Å². The number of para-hydroxylation sites is 1. The molecule has 0 aromatic heterocycles. The van der Waals surface area contributed by atoms with Crippen molar-refractivity contribution in [3.63, 3.8) is 0 Å². The van der Waals surface area contributed by atoms with Gasteiger partial charge in [-0.15, -0.1) is 0 Å². The van der Waals surface area contributed by atoms with Crippen LogP contribution in [-0.4, -0.2) is 43.3 Å². The van der Waals surface area contributed by atoms with Gasteiger partial charge in [0.05, 0.1) is 20.6 Å². The molecule has 1 N–H and O–H groups in total. The number of rotatable bonds is 11. The first kappa shape index (κ1) is 34.8. The fourth-order valence-corrected chi connectivity index (χ4v) is 6.30. The van der Waals surface area contributed by atoms with Crippen molar-refractivity contribution < 1.29 is 22.7 Å². The number of benzene rings is 4. The number of carbonyl (C=O) groups is 2. The second-order valence-corrected chi connectivity index (χ2v) is 14.6. The van der Waals surface area contributed by atoms with Crippen molar-refractivity contribution in [2.45, 2.75) is 57.6 Å². The minimum absolute atomic E-state index is 0.0171. The Morgan fingerprint density at radius 3 is 2.04 bits per heavy atom. The van der Waals surface area contributed by atoms with Crippen molar-refractivity contribution in [2.75, 3.05) is 10.8 Å². The van der Waals surface area contributed by atoms with E-state index in [2.05, 4.69) is 5.32 Å². The lowest BCUT2D eigenvalue weighted by Gasteiger charge is -2.33. The summed E-state index contributed by atoms with van der Waals surface area (Å²) in [5.74, 6) is 0.122. The summed E-state index contributed by atoms with van der Waals surface area (Å²) < 4.78 is 35.2. The summed E-state index contributed by atoms with van der Waals surface area (Å²) in [6.07, 6.45) is 0. The molecule has 0 saturated carbocycles. The second kappa shape index (κ2) is 14.6. The summed E-state index contributed by atoms with van der Waals surface area (Å²) in [5, 5.41) is 3.54. The Labute approximate surface area is 280 Å². The molecule has 4 aromatic rings. The van der Waals surface area contributed by atoms with Crippen molar-refractivity contribution in [1.29, 1.82) is 0 Å². The van der Waals surface area contributed by atoms with E-state index in [1.165, 1.54) is 17.0 Å². The quantitative estimate of drug-likeness (QED) is 0.176. The molecule has 4 rings (SSSR count). The van der Waals surface area contributed by atoms with Gasteiger partial charge in [-0.25, -0.2) is 8.42 Å². The highest BCUT2D eigenvalue weighted by molar-refractivity contribution is 7.92. The van der Waals surface area contributed by atoms with Gasteiger partial charge >= 0.3 is 0 Å². The number of carbonyl (C=O) groups excluding carboxylic acids is 2. The summed E-state index contributed by atoms with van der Waals surface area (Å²) in [4.78, 5) is 28.9. The molecule has 0 fully saturated rings. The summed E-state index contributed by atoms with van der Waals surface area (Å²) in [7, 11) is -4.23. The molecular weight excluding hydrogens is 645 g/mol. The Morgan fingerprint density at radius 1 is 0.848 bits per heavy atom. The number of ether oxygens (including phenoxy) is 1. The van der Waals surface area contributed by atoms with Crippen LogP contribution in [0.5, 0.6) is 11.5 Å². The number of hydrogen-bond acceptors (Lipinski definition) is 5. The van der Waals surface area contributed by atoms with Gasteiger partial charge in [-0.2, -0.15) is 0 Å². The van der Waals surface area contributed by atoms with Crippen LogP contribution in [0.4, 0.5) is 5.69 Å². The van der Waals surface area contributed by atoms with E-state index >= 15 is 0 Å². The van der Waals surface area contributed by atoms with Crippen molar-refractivity contribution in [2.24, 2.45) is 0 Å². The average molecular weight is 683 g/mol. The molecule has 8 nitrogen and oxygen atoms in total. The van der Waals surface area contributed by atoms with E-state index < -0.39 is 40.0 Å². The maximum absolute atomic E-state index is 14.2. The molecule has 0 aliphatic heterocycles. The first-order valence-corrected chi connectivity index (χ1v) is 16.8. The van der Waals surface area contributed by atoms with E-state index in [0.717, 1.165) is 9.87 Å². The largest absolute Gasteiger partial charge is 0.457 e. The maximum Gasteiger partial charge on any atom is 0.264 e. The average Bonchev–Trinajstić information content (AvgIpc) is 3.00. The molecule has 1 atom stereocenters. The Bertz CT molecular complexity index is 1780. The lowest BCUT2D eigenvalue weighted by atomic mass is 10.1. The minimum atomic E-state index is -4.23. The molecule has 4 aromatic carbocycles. The van der Waals surface area contributed by atoms with E-state index in [1.54, 1.807) is 73.7 Å². The van der Waals surface area contributed by atoms with Crippen LogP contribution < -0.4 is 14.4 Å². The van der Waals surface area contributed by atoms with Crippen LogP contribution in [0.3, 0.4) is 0 Å². The fraction of sp³-hybridized carbons (Fsp3) is 0.257. The zero-order valence-electron chi connectivity index (χ0n) is 26.3. The third-order valence-electron chi connectivity index (χ3n) is 6.99. The molecule has 242 valence electrons. The number of anilines is 1. The number of nitrogens with one attached hydrogen (secondary N) is 1. The first-order valence-electron chi connectivity index (χ1n) is 14.6. The van der Waals surface area contributed by atoms with Crippen molar-refractivity contribution in [3.8, 4) is 11.5 Å². The van der Waals surface area contributed by atoms with Crippen LogP contribution in [0.25, 0.3) is 0 Å². The Hall–Kier alpha value is -4.05. The molecule has 46 heavy (non-hydrogen) atoms. The van der Waals surface area contributed by atoms with Crippen molar-refractivity contribution in [3.05, 3.63) is 118 Å². The minimum Gasteiger partial charge on any atom is -0.457 e. The first-order chi connectivity index (χ1) is 21.6. The molecule has 0 spiro atoms. The Balaban J connectivity index is 1.72. The molecule has 0 bridgehead atoms. The SMILES string of the molecule is Cc1ccc(S(=O)(=O)N(CC(=O)N(Cc2ccc(Cl)c(Cl)c2)C(C)C(=O)NC(C)(C)C)c2ccc(Oc3ccccc3)cc2)cc1. The van der Waals surface area contributed by atoms with Gasteiger partial charge in [0.1, 0.15) is 24.1 Å². The predicted molar refractivity (Wildman–Crippen MR) is 183 cm³/mol. The van der Waals surface area contributed by atoms with Crippen LogP contribution >= 0.6 is 23.2 Å². The monoisotopic (exact) mass is 681 g/mol. The summed E-state index contributed by atoms with van der Waals surface area (Å²) in [6, 6.07) is 26.0. The van der Waals surface area contributed by atoms with Crippen molar-refractivity contribution >= 4 is 50.7 Å². The molecule has 0 heterocycles. The summed E-state index contributed by atoms with van der Waals surface area (Å²) in [6.45, 7) is 8.37. The molecule has 1 unspecified atom stereocenters. The smallest absolute Gasteiger partial charge is 0.264 e. The van der Waals surface area contributed by atoms with Crippen LogP contribution in [0.15, 0.2) is 102 Å². The van der Waals surface area contributed by atoms with Gasteiger partial charge in [0.2, 0.25) is 11.8 Å². The molecule has 0 saturated heterocycles. The van der Waals surface area contributed by atoms with Crippen LogP contribution in [0, 0.1) is 6.92 Å². The van der Waals surface area contributed by atoms with Gasteiger partial charge in [0.15, 0.2) is 0 Å².